The molecule has 1 fully saturated rings. The number of likely N-dealkylation sites (tertiary alicyclic amines) is 1. The summed E-state index contributed by atoms with van der Waals surface area (Å²) in [6.45, 7) is 1.40. The van der Waals surface area contributed by atoms with E-state index < -0.39 is 0 Å². The highest BCUT2D eigenvalue weighted by Crippen LogP contribution is 2.23. The fraction of sp³-hybridized carbons (Fsp3) is 0.333. The van der Waals surface area contributed by atoms with E-state index in [-0.39, 0.29) is 5.91 Å². The van der Waals surface area contributed by atoms with E-state index in [1.165, 1.54) is 5.39 Å². The Bertz CT molecular complexity index is 609. The van der Waals surface area contributed by atoms with E-state index >= 15 is 0 Å². The van der Waals surface area contributed by atoms with Crippen LogP contribution >= 0.6 is 12.6 Å². The average molecular weight is 272 g/mol. The van der Waals surface area contributed by atoms with Gasteiger partial charge >= 0.3 is 0 Å². The van der Waals surface area contributed by atoms with E-state index in [0.29, 0.717) is 18.9 Å². The third-order valence-corrected chi connectivity index (χ3v) is 4.17. The lowest BCUT2D eigenvalue weighted by Gasteiger charge is -2.17. The predicted octanol–water partition coefficient (Wildman–Crippen LogP) is 2.51. The Balaban J connectivity index is 1.88. The largest absolute Gasteiger partial charge is 0.336 e. The molecule has 1 aliphatic rings. The number of hydrogen-bond acceptors (Lipinski definition) is 3. The average Bonchev–Trinajstić information content (AvgIpc) is 2.80. The molecule has 1 aromatic heterocycles. The number of carbonyl (C=O) groups is 1. The van der Waals surface area contributed by atoms with Gasteiger partial charge in [0.2, 0.25) is 5.91 Å². The Labute approximate surface area is 118 Å². The highest BCUT2D eigenvalue weighted by Gasteiger charge is 2.28. The Morgan fingerprint density at radius 3 is 2.95 bits per heavy atom. The Morgan fingerprint density at radius 2 is 2.16 bits per heavy atom. The number of rotatable bonds is 3. The van der Waals surface area contributed by atoms with Crippen molar-refractivity contribution < 1.29 is 4.79 Å². The van der Waals surface area contributed by atoms with Crippen LogP contribution in [0, 0.1) is 5.92 Å². The van der Waals surface area contributed by atoms with Crippen LogP contribution in [-0.4, -0.2) is 28.1 Å². The number of nitrogens with zero attached hydrogens (tertiary/aromatic N) is 2. The van der Waals surface area contributed by atoms with Crippen LogP contribution in [-0.2, 0) is 11.3 Å². The summed E-state index contributed by atoms with van der Waals surface area (Å²) >= 11 is 4.29. The normalized spacial score (nSPS) is 19.3. The van der Waals surface area contributed by atoms with Crippen molar-refractivity contribution in [2.75, 3.05) is 12.3 Å². The Hall–Kier alpha value is -1.55. The van der Waals surface area contributed by atoms with Gasteiger partial charge in [0.05, 0.1) is 12.2 Å². The summed E-state index contributed by atoms with van der Waals surface area (Å²) in [4.78, 5) is 18.3. The molecule has 3 rings (SSSR count). The summed E-state index contributed by atoms with van der Waals surface area (Å²) in [6.07, 6.45) is 2.43. The van der Waals surface area contributed by atoms with Crippen molar-refractivity contribution in [3.63, 3.8) is 0 Å². The minimum absolute atomic E-state index is 0.216. The third kappa shape index (κ3) is 2.45. The molecule has 2 heterocycles. The van der Waals surface area contributed by atoms with Crippen LogP contribution in [0.4, 0.5) is 0 Å². The fourth-order valence-electron chi connectivity index (χ4n) is 2.62. The van der Waals surface area contributed by atoms with E-state index in [0.717, 1.165) is 23.4 Å². The molecule has 4 heteroatoms. The molecule has 0 saturated carbocycles. The van der Waals surface area contributed by atoms with E-state index in [4.69, 9.17) is 0 Å². The molecule has 1 saturated heterocycles. The van der Waals surface area contributed by atoms with Gasteiger partial charge in [-0.2, -0.15) is 12.6 Å². The topological polar surface area (TPSA) is 33.2 Å². The summed E-state index contributed by atoms with van der Waals surface area (Å²) < 4.78 is 0. The lowest BCUT2D eigenvalue weighted by Crippen LogP contribution is -2.25. The molecule has 0 aliphatic carbocycles. The first-order chi connectivity index (χ1) is 9.28. The zero-order valence-electron chi connectivity index (χ0n) is 10.6. The second-order valence-corrected chi connectivity index (χ2v) is 5.37. The van der Waals surface area contributed by atoms with E-state index in [1.807, 2.05) is 29.3 Å². The standard InChI is InChI=1S/C15H16N2OS/c18-15-7-11(10-19)8-17(15)9-14-13-4-2-1-3-12(13)5-6-16-14/h1-6,11,19H,7-10H2. The van der Waals surface area contributed by atoms with Crippen LogP contribution in [0.15, 0.2) is 36.5 Å². The van der Waals surface area contributed by atoms with Gasteiger partial charge < -0.3 is 4.90 Å². The molecule has 1 aromatic carbocycles. The SMILES string of the molecule is O=C1CC(CS)CN1Cc1nccc2ccccc12. The second-order valence-electron chi connectivity index (χ2n) is 5.01. The summed E-state index contributed by atoms with van der Waals surface area (Å²) in [5.74, 6) is 1.37. The van der Waals surface area contributed by atoms with E-state index in [2.05, 4.69) is 29.7 Å². The van der Waals surface area contributed by atoms with Crippen LogP contribution in [0.2, 0.25) is 0 Å². The summed E-state index contributed by atoms with van der Waals surface area (Å²) in [7, 11) is 0. The highest BCUT2D eigenvalue weighted by molar-refractivity contribution is 7.80. The summed E-state index contributed by atoms with van der Waals surface area (Å²) in [5, 5.41) is 2.30. The van der Waals surface area contributed by atoms with Gasteiger partial charge in [-0.1, -0.05) is 24.3 Å². The van der Waals surface area contributed by atoms with Gasteiger partial charge in [-0.25, -0.2) is 0 Å². The quantitative estimate of drug-likeness (QED) is 0.871. The van der Waals surface area contributed by atoms with Gasteiger partial charge in [-0.05, 0) is 23.1 Å². The summed E-state index contributed by atoms with van der Waals surface area (Å²) in [5.41, 5.74) is 0.978. The van der Waals surface area contributed by atoms with E-state index in [1.54, 1.807) is 0 Å². The van der Waals surface area contributed by atoms with Crippen LogP contribution < -0.4 is 0 Å². The van der Waals surface area contributed by atoms with Gasteiger partial charge in [0.1, 0.15) is 0 Å². The van der Waals surface area contributed by atoms with Gasteiger partial charge in [-0.15, -0.1) is 0 Å². The maximum Gasteiger partial charge on any atom is 0.223 e. The number of fused-ring (bicyclic) bond motifs is 1. The van der Waals surface area contributed by atoms with Crippen molar-refractivity contribution in [3.05, 3.63) is 42.2 Å². The lowest BCUT2D eigenvalue weighted by atomic mass is 10.1. The van der Waals surface area contributed by atoms with Crippen molar-refractivity contribution in [2.24, 2.45) is 5.92 Å². The van der Waals surface area contributed by atoms with Gasteiger partial charge in [0.25, 0.3) is 0 Å². The molecule has 3 nitrogen and oxygen atoms in total. The van der Waals surface area contributed by atoms with Gasteiger partial charge in [0, 0.05) is 24.5 Å². The van der Waals surface area contributed by atoms with Crippen LogP contribution in [0.3, 0.4) is 0 Å². The molecular formula is C15H16N2OS. The monoisotopic (exact) mass is 272 g/mol. The van der Waals surface area contributed by atoms with Crippen LogP contribution in [0.25, 0.3) is 10.8 Å². The molecule has 0 radical (unpaired) electrons. The number of thiol groups is 1. The minimum Gasteiger partial charge on any atom is -0.336 e. The number of hydrogen-bond donors (Lipinski definition) is 1. The van der Waals surface area contributed by atoms with Crippen LogP contribution in [0.5, 0.6) is 0 Å². The molecule has 19 heavy (non-hydrogen) atoms. The minimum atomic E-state index is 0.216. The molecule has 0 N–H and O–H groups in total. The zero-order chi connectivity index (χ0) is 13.2. The predicted molar refractivity (Wildman–Crippen MR) is 79.1 cm³/mol. The first-order valence-corrected chi connectivity index (χ1v) is 7.12. The first-order valence-electron chi connectivity index (χ1n) is 6.49. The molecule has 1 atom stereocenters. The molecular weight excluding hydrogens is 256 g/mol. The highest BCUT2D eigenvalue weighted by atomic mass is 32.1. The molecule has 98 valence electrons. The number of benzene rings is 1. The molecule has 1 aliphatic heterocycles. The maximum atomic E-state index is 11.9. The van der Waals surface area contributed by atoms with Gasteiger partial charge in [0.15, 0.2) is 0 Å². The zero-order valence-corrected chi connectivity index (χ0v) is 11.5. The molecule has 2 aromatic rings. The molecule has 0 spiro atoms. The lowest BCUT2D eigenvalue weighted by molar-refractivity contribution is -0.128. The second kappa shape index (κ2) is 5.21. The van der Waals surface area contributed by atoms with Crippen molar-refractivity contribution in [2.45, 2.75) is 13.0 Å². The number of amides is 1. The number of aromatic nitrogens is 1. The molecule has 0 bridgehead atoms. The van der Waals surface area contributed by atoms with Crippen molar-refractivity contribution in [1.29, 1.82) is 0 Å². The van der Waals surface area contributed by atoms with E-state index in [9.17, 15) is 4.79 Å². The molecule has 1 amide bonds. The van der Waals surface area contributed by atoms with Crippen molar-refractivity contribution in [1.82, 2.24) is 9.88 Å². The number of pyridine rings is 1. The smallest absolute Gasteiger partial charge is 0.223 e. The number of carbonyl (C=O) groups excluding carboxylic acids is 1. The Morgan fingerprint density at radius 1 is 1.32 bits per heavy atom. The fourth-order valence-corrected chi connectivity index (χ4v) is 2.86. The third-order valence-electron chi connectivity index (χ3n) is 3.65. The first kappa shape index (κ1) is 12.5. The van der Waals surface area contributed by atoms with Gasteiger partial charge in [-0.3, -0.25) is 9.78 Å². The Kier molecular flexibility index (Phi) is 3.42. The summed E-state index contributed by atoms with van der Waals surface area (Å²) in [6, 6.07) is 10.2. The van der Waals surface area contributed by atoms with Crippen molar-refractivity contribution in [3.8, 4) is 0 Å². The molecule has 1 unspecified atom stereocenters. The maximum absolute atomic E-state index is 11.9. The van der Waals surface area contributed by atoms with Crippen molar-refractivity contribution >= 4 is 29.3 Å². The van der Waals surface area contributed by atoms with Crippen LogP contribution in [0.1, 0.15) is 12.1 Å².